The van der Waals surface area contributed by atoms with E-state index in [2.05, 4.69) is 10.6 Å². The van der Waals surface area contributed by atoms with Gasteiger partial charge in [0.05, 0.1) is 6.42 Å². The second kappa shape index (κ2) is 10.6. The lowest BCUT2D eigenvalue weighted by atomic mass is 10.2. The molecule has 0 aliphatic rings. The molecule has 23 heavy (non-hydrogen) atoms. The Morgan fingerprint density at radius 2 is 1.78 bits per heavy atom. The molecule has 0 fully saturated rings. The van der Waals surface area contributed by atoms with Crippen LogP contribution in [0.5, 0.6) is 0 Å². The van der Waals surface area contributed by atoms with E-state index in [1.54, 1.807) is 24.3 Å². The zero-order chi connectivity index (χ0) is 17.1. The summed E-state index contributed by atoms with van der Waals surface area (Å²) >= 11 is 5.74. The van der Waals surface area contributed by atoms with E-state index in [9.17, 15) is 14.4 Å². The Hall–Kier alpha value is -2.08. The Kier molecular flexibility index (Phi) is 8.75. The van der Waals surface area contributed by atoms with E-state index in [1.807, 2.05) is 6.92 Å². The number of amides is 2. The minimum absolute atomic E-state index is 0.00156. The number of hydrogen-bond acceptors (Lipinski definition) is 4. The maximum Gasteiger partial charge on any atom is 0.308 e. The van der Waals surface area contributed by atoms with Gasteiger partial charge in [-0.1, -0.05) is 24.9 Å². The van der Waals surface area contributed by atoms with Crippen LogP contribution in [0.1, 0.15) is 36.5 Å². The van der Waals surface area contributed by atoms with Crippen molar-refractivity contribution in [1.29, 1.82) is 0 Å². The summed E-state index contributed by atoms with van der Waals surface area (Å²) in [6.45, 7) is 2.43. The molecular weight excluding hydrogens is 320 g/mol. The average molecular weight is 341 g/mol. The summed E-state index contributed by atoms with van der Waals surface area (Å²) in [5.41, 5.74) is 0.457. The van der Waals surface area contributed by atoms with E-state index in [0.29, 0.717) is 17.1 Å². The number of esters is 1. The monoisotopic (exact) mass is 340 g/mol. The van der Waals surface area contributed by atoms with Crippen LogP contribution in [0.25, 0.3) is 0 Å². The molecule has 0 aliphatic carbocycles. The van der Waals surface area contributed by atoms with Crippen LogP contribution in [0.3, 0.4) is 0 Å². The molecule has 2 amide bonds. The van der Waals surface area contributed by atoms with Crippen LogP contribution in [0, 0.1) is 0 Å². The lowest BCUT2D eigenvalue weighted by molar-refractivity contribution is -0.148. The van der Waals surface area contributed by atoms with Crippen molar-refractivity contribution >= 4 is 29.4 Å². The van der Waals surface area contributed by atoms with Gasteiger partial charge in [-0.05, 0) is 30.7 Å². The van der Waals surface area contributed by atoms with E-state index in [1.165, 1.54) is 0 Å². The summed E-state index contributed by atoms with van der Waals surface area (Å²) in [7, 11) is 0. The molecule has 7 heteroatoms. The number of halogens is 1. The molecule has 2 N–H and O–H groups in total. The largest absolute Gasteiger partial charge is 0.456 e. The van der Waals surface area contributed by atoms with Gasteiger partial charge < -0.3 is 15.4 Å². The molecule has 0 saturated carbocycles. The van der Waals surface area contributed by atoms with Crippen LogP contribution in [0.4, 0.5) is 0 Å². The summed E-state index contributed by atoms with van der Waals surface area (Å²) in [6, 6.07) is 6.41. The molecule has 0 heterocycles. The lowest BCUT2D eigenvalue weighted by Gasteiger charge is -2.07. The summed E-state index contributed by atoms with van der Waals surface area (Å²) in [6.07, 6.45) is 1.87. The fourth-order valence-electron chi connectivity index (χ4n) is 1.66. The Balaban J connectivity index is 2.17. The van der Waals surface area contributed by atoms with Crippen molar-refractivity contribution in [3.05, 3.63) is 34.9 Å². The number of benzene rings is 1. The van der Waals surface area contributed by atoms with Gasteiger partial charge in [0, 0.05) is 23.7 Å². The Morgan fingerprint density at radius 1 is 1.09 bits per heavy atom. The standard InChI is InChI=1S/C16H21ClN2O4/c1-2-3-9-18-14(20)11-23-15(21)8-10-19-16(22)12-4-6-13(17)7-5-12/h4-7H,2-3,8-11H2,1H3,(H,18,20)(H,19,22). The number of carbonyl (C=O) groups is 3. The smallest absolute Gasteiger partial charge is 0.308 e. The third-order valence-electron chi connectivity index (χ3n) is 2.94. The third kappa shape index (κ3) is 8.21. The van der Waals surface area contributed by atoms with Crippen molar-refractivity contribution in [3.63, 3.8) is 0 Å². The van der Waals surface area contributed by atoms with Gasteiger partial charge in [-0.3, -0.25) is 14.4 Å². The van der Waals surface area contributed by atoms with E-state index in [-0.39, 0.29) is 31.4 Å². The van der Waals surface area contributed by atoms with Crippen molar-refractivity contribution in [2.24, 2.45) is 0 Å². The van der Waals surface area contributed by atoms with Crippen LogP contribution >= 0.6 is 11.6 Å². The first kappa shape index (κ1) is 19.0. The Morgan fingerprint density at radius 3 is 2.43 bits per heavy atom. The summed E-state index contributed by atoms with van der Waals surface area (Å²) in [5.74, 6) is -1.16. The number of hydrogen-bond donors (Lipinski definition) is 2. The van der Waals surface area contributed by atoms with E-state index < -0.39 is 5.97 Å². The number of ether oxygens (including phenoxy) is 1. The summed E-state index contributed by atoms with van der Waals surface area (Å²) < 4.78 is 4.82. The first-order valence-electron chi connectivity index (χ1n) is 7.49. The quantitative estimate of drug-likeness (QED) is 0.531. The predicted octanol–water partition coefficient (Wildman–Crippen LogP) is 1.92. The van der Waals surface area contributed by atoms with Crippen LogP contribution < -0.4 is 10.6 Å². The van der Waals surface area contributed by atoms with Crippen molar-refractivity contribution in [1.82, 2.24) is 10.6 Å². The molecule has 0 radical (unpaired) electrons. The molecule has 126 valence electrons. The molecular formula is C16H21ClN2O4. The van der Waals surface area contributed by atoms with E-state index in [0.717, 1.165) is 12.8 Å². The third-order valence-corrected chi connectivity index (χ3v) is 3.19. The molecule has 0 atom stereocenters. The highest BCUT2D eigenvalue weighted by Crippen LogP contribution is 2.09. The zero-order valence-corrected chi connectivity index (χ0v) is 13.8. The second-order valence-electron chi connectivity index (χ2n) is 4.88. The van der Waals surface area contributed by atoms with Crippen molar-refractivity contribution in [2.75, 3.05) is 19.7 Å². The molecule has 1 rings (SSSR count). The molecule has 0 bridgehead atoms. The second-order valence-corrected chi connectivity index (χ2v) is 5.31. The number of carbonyl (C=O) groups excluding carboxylic acids is 3. The van der Waals surface area contributed by atoms with Gasteiger partial charge in [-0.2, -0.15) is 0 Å². The topological polar surface area (TPSA) is 84.5 Å². The maximum absolute atomic E-state index is 11.8. The van der Waals surface area contributed by atoms with E-state index in [4.69, 9.17) is 16.3 Å². The normalized spacial score (nSPS) is 10.0. The van der Waals surface area contributed by atoms with Crippen molar-refractivity contribution < 1.29 is 19.1 Å². The highest BCUT2D eigenvalue weighted by molar-refractivity contribution is 6.30. The molecule has 0 spiro atoms. The van der Waals surface area contributed by atoms with Gasteiger partial charge in [-0.15, -0.1) is 0 Å². The van der Waals surface area contributed by atoms with Crippen LogP contribution in [-0.4, -0.2) is 37.5 Å². The van der Waals surface area contributed by atoms with Gasteiger partial charge in [0.15, 0.2) is 6.61 Å². The molecule has 6 nitrogen and oxygen atoms in total. The van der Waals surface area contributed by atoms with Gasteiger partial charge in [0.25, 0.3) is 11.8 Å². The zero-order valence-electron chi connectivity index (χ0n) is 13.1. The number of rotatable bonds is 9. The van der Waals surface area contributed by atoms with Crippen molar-refractivity contribution in [3.8, 4) is 0 Å². The molecule has 0 aliphatic heterocycles. The maximum atomic E-state index is 11.8. The molecule has 0 aromatic heterocycles. The SMILES string of the molecule is CCCCNC(=O)COC(=O)CCNC(=O)c1ccc(Cl)cc1. The predicted molar refractivity (Wildman–Crippen MR) is 87.3 cm³/mol. The van der Waals surface area contributed by atoms with Gasteiger partial charge in [0.1, 0.15) is 0 Å². The number of nitrogens with one attached hydrogen (secondary N) is 2. The minimum Gasteiger partial charge on any atom is -0.456 e. The van der Waals surface area contributed by atoms with Crippen molar-refractivity contribution in [2.45, 2.75) is 26.2 Å². The fraction of sp³-hybridized carbons (Fsp3) is 0.438. The molecule has 1 aromatic carbocycles. The lowest BCUT2D eigenvalue weighted by Crippen LogP contribution is -2.31. The first-order valence-corrected chi connectivity index (χ1v) is 7.86. The molecule has 0 saturated heterocycles. The Bertz CT molecular complexity index is 531. The highest BCUT2D eigenvalue weighted by atomic mass is 35.5. The van der Waals surface area contributed by atoms with Gasteiger partial charge in [-0.25, -0.2) is 0 Å². The average Bonchev–Trinajstić information content (AvgIpc) is 2.53. The minimum atomic E-state index is -0.535. The van der Waals surface area contributed by atoms with Gasteiger partial charge in [0.2, 0.25) is 0 Å². The molecule has 0 unspecified atom stereocenters. The summed E-state index contributed by atoms with van der Waals surface area (Å²) in [5, 5.41) is 5.78. The van der Waals surface area contributed by atoms with Gasteiger partial charge >= 0.3 is 5.97 Å². The van der Waals surface area contributed by atoms with Crippen LogP contribution in [0.2, 0.25) is 5.02 Å². The highest BCUT2D eigenvalue weighted by Gasteiger charge is 2.09. The van der Waals surface area contributed by atoms with Crippen LogP contribution in [0.15, 0.2) is 24.3 Å². The fourth-order valence-corrected chi connectivity index (χ4v) is 1.78. The number of unbranched alkanes of at least 4 members (excludes halogenated alkanes) is 1. The van der Waals surface area contributed by atoms with Crippen LogP contribution in [-0.2, 0) is 14.3 Å². The first-order chi connectivity index (χ1) is 11.0. The molecule has 1 aromatic rings. The van der Waals surface area contributed by atoms with E-state index >= 15 is 0 Å². The Labute approximate surface area is 140 Å². The summed E-state index contributed by atoms with van der Waals surface area (Å²) in [4.78, 5) is 34.6.